The summed E-state index contributed by atoms with van der Waals surface area (Å²) < 4.78 is 35.3. The van der Waals surface area contributed by atoms with Crippen LogP contribution >= 0.6 is 0 Å². The number of carbonyl (C=O) groups excluding carboxylic acids is 1. The lowest BCUT2D eigenvalue weighted by atomic mass is 9.93. The van der Waals surface area contributed by atoms with E-state index >= 15 is 0 Å². The molecule has 14 heavy (non-hydrogen) atoms. The van der Waals surface area contributed by atoms with Crippen LogP contribution in [0, 0.1) is 0 Å². The quantitative estimate of drug-likeness (QED) is 0.735. The first-order valence-corrected chi connectivity index (χ1v) is 4.33. The van der Waals surface area contributed by atoms with Crippen molar-refractivity contribution in [1.29, 1.82) is 0 Å². The molecule has 1 heterocycles. The van der Waals surface area contributed by atoms with Gasteiger partial charge in [0.25, 0.3) is 0 Å². The number of likely N-dealkylation sites (tertiary alicyclic amines) is 1. The number of hydrogen-bond donors (Lipinski definition) is 1. The molecule has 82 valence electrons. The lowest BCUT2D eigenvalue weighted by molar-refractivity contribution is -0.153. The van der Waals surface area contributed by atoms with Gasteiger partial charge >= 0.3 is 6.18 Å². The molecule has 0 saturated carbocycles. The third-order valence-corrected chi connectivity index (χ3v) is 2.08. The maximum Gasteiger partial charge on any atom is 0.389 e. The molecular weight excluding hydrogens is 197 g/mol. The van der Waals surface area contributed by atoms with Crippen molar-refractivity contribution < 1.29 is 18.0 Å². The van der Waals surface area contributed by atoms with E-state index in [1.807, 2.05) is 0 Å². The topological polar surface area (TPSA) is 46.3 Å². The van der Waals surface area contributed by atoms with Gasteiger partial charge in [0, 0.05) is 25.0 Å². The fraction of sp³-hybridized carbons (Fsp3) is 0.875. The molecule has 1 aliphatic heterocycles. The normalized spacial score (nSPS) is 20.5. The maximum atomic E-state index is 11.8. The number of nitrogens with zero attached hydrogens (tertiary/aromatic N) is 1. The Balaban J connectivity index is 2.25. The highest BCUT2D eigenvalue weighted by Crippen LogP contribution is 2.24. The Morgan fingerprint density at radius 3 is 2.36 bits per heavy atom. The van der Waals surface area contributed by atoms with Gasteiger partial charge in [-0.1, -0.05) is 0 Å². The van der Waals surface area contributed by atoms with Gasteiger partial charge in [-0.25, -0.2) is 0 Å². The molecule has 1 saturated heterocycles. The van der Waals surface area contributed by atoms with Gasteiger partial charge in [-0.3, -0.25) is 4.79 Å². The fourth-order valence-corrected chi connectivity index (χ4v) is 1.41. The second-order valence-electron chi connectivity index (χ2n) is 4.02. The zero-order valence-corrected chi connectivity index (χ0v) is 7.90. The number of alkyl halides is 3. The van der Waals surface area contributed by atoms with Crippen LogP contribution in [0.4, 0.5) is 13.2 Å². The van der Waals surface area contributed by atoms with Crippen LogP contribution in [0.2, 0.25) is 0 Å². The van der Waals surface area contributed by atoms with Gasteiger partial charge in [-0.05, 0) is 6.92 Å². The van der Waals surface area contributed by atoms with Gasteiger partial charge in [0.15, 0.2) is 0 Å². The first-order valence-electron chi connectivity index (χ1n) is 4.33. The van der Waals surface area contributed by atoms with E-state index in [0.717, 1.165) is 0 Å². The average Bonchev–Trinajstić information content (AvgIpc) is 1.94. The van der Waals surface area contributed by atoms with Crippen LogP contribution in [0.5, 0.6) is 0 Å². The molecule has 1 rings (SSSR count). The Morgan fingerprint density at radius 2 is 2.00 bits per heavy atom. The van der Waals surface area contributed by atoms with Gasteiger partial charge in [0.1, 0.15) is 0 Å². The lowest BCUT2D eigenvalue weighted by Crippen LogP contribution is -2.66. The molecule has 0 unspecified atom stereocenters. The number of rotatable bonds is 2. The van der Waals surface area contributed by atoms with Gasteiger partial charge < -0.3 is 10.6 Å². The van der Waals surface area contributed by atoms with Crippen molar-refractivity contribution in [3.05, 3.63) is 0 Å². The summed E-state index contributed by atoms with van der Waals surface area (Å²) >= 11 is 0. The largest absolute Gasteiger partial charge is 0.389 e. The third kappa shape index (κ3) is 3.17. The Bertz CT molecular complexity index is 229. The van der Waals surface area contributed by atoms with E-state index < -0.39 is 30.5 Å². The summed E-state index contributed by atoms with van der Waals surface area (Å²) in [7, 11) is 0. The van der Waals surface area contributed by atoms with Gasteiger partial charge in [0.2, 0.25) is 5.91 Å². The summed E-state index contributed by atoms with van der Waals surface area (Å²) in [4.78, 5) is 12.5. The summed E-state index contributed by atoms with van der Waals surface area (Å²) in [6.45, 7) is 2.47. The van der Waals surface area contributed by atoms with Crippen molar-refractivity contribution in [2.24, 2.45) is 5.73 Å². The van der Waals surface area contributed by atoms with E-state index in [2.05, 4.69) is 0 Å². The minimum absolute atomic E-state index is 0.351. The first-order chi connectivity index (χ1) is 6.20. The minimum Gasteiger partial charge on any atom is -0.339 e. The van der Waals surface area contributed by atoms with E-state index in [-0.39, 0.29) is 0 Å². The van der Waals surface area contributed by atoms with Crippen LogP contribution in [0.1, 0.15) is 19.8 Å². The van der Waals surface area contributed by atoms with Crippen molar-refractivity contribution in [3.63, 3.8) is 0 Å². The SMILES string of the molecule is CC1(N)CN(C(=O)CCC(F)(F)F)C1. The van der Waals surface area contributed by atoms with E-state index in [1.54, 1.807) is 6.92 Å². The van der Waals surface area contributed by atoms with Gasteiger partial charge in [-0.15, -0.1) is 0 Å². The van der Waals surface area contributed by atoms with E-state index in [4.69, 9.17) is 5.73 Å². The van der Waals surface area contributed by atoms with Crippen molar-refractivity contribution in [1.82, 2.24) is 4.90 Å². The molecule has 6 heteroatoms. The molecule has 0 bridgehead atoms. The average molecular weight is 210 g/mol. The van der Waals surface area contributed by atoms with Crippen molar-refractivity contribution in [2.45, 2.75) is 31.5 Å². The molecule has 0 aromatic rings. The van der Waals surface area contributed by atoms with Gasteiger partial charge in [-0.2, -0.15) is 13.2 Å². The molecule has 0 atom stereocenters. The highest BCUT2D eigenvalue weighted by molar-refractivity contribution is 5.77. The summed E-state index contributed by atoms with van der Waals surface area (Å²) in [6, 6.07) is 0. The lowest BCUT2D eigenvalue weighted by Gasteiger charge is -2.45. The first kappa shape index (κ1) is 11.3. The van der Waals surface area contributed by atoms with Crippen LogP contribution in [0.3, 0.4) is 0 Å². The molecular formula is C8H13F3N2O. The van der Waals surface area contributed by atoms with Crippen LogP contribution in [-0.2, 0) is 4.79 Å². The molecule has 1 amide bonds. The molecule has 1 fully saturated rings. The number of hydrogen-bond acceptors (Lipinski definition) is 2. The predicted octanol–water partition coefficient (Wildman–Crippen LogP) is 0.889. The van der Waals surface area contributed by atoms with Gasteiger partial charge in [0.05, 0.1) is 6.42 Å². The molecule has 0 aliphatic carbocycles. The zero-order valence-electron chi connectivity index (χ0n) is 7.90. The Hall–Kier alpha value is -0.780. The number of halogens is 3. The van der Waals surface area contributed by atoms with Crippen LogP contribution in [-0.4, -0.2) is 35.6 Å². The molecule has 0 spiro atoms. The second-order valence-corrected chi connectivity index (χ2v) is 4.02. The number of nitrogens with two attached hydrogens (primary N) is 1. The minimum atomic E-state index is -4.26. The summed E-state index contributed by atoms with van der Waals surface area (Å²) in [5.41, 5.74) is 5.19. The van der Waals surface area contributed by atoms with Crippen molar-refractivity contribution >= 4 is 5.91 Å². The van der Waals surface area contributed by atoms with Crippen molar-refractivity contribution in [2.75, 3.05) is 13.1 Å². The fourth-order valence-electron chi connectivity index (χ4n) is 1.41. The summed E-state index contributed by atoms with van der Waals surface area (Å²) in [5, 5.41) is 0. The standard InChI is InChI=1S/C8H13F3N2O/c1-7(12)4-13(5-7)6(14)2-3-8(9,10)11/h2-5,12H2,1H3. The predicted molar refractivity (Wildman–Crippen MR) is 44.5 cm³/mol. The van der Waals surface area contributed by atoms with Crippen LogP contribution in [0.15, 0.2) is 0 Å². The molecule has 1 aliphatic rings. The zero-order chi connectivity index (χ0) is 11.0. The maximum absolute atomic E-state index is 11.8. The van der Waals surface area contributed by atoms with E-state index in [0.29, 0.717) is 13.1 Å². The van der Waals surface area contributed by atoms with E-state index in [9.17, 15) is 18.0 Å². The Labute approximate surface area is 80.0 Å². The van der Waals surface area contributed by atoms with Crippen LogP contribution < -0.4 is 5.73 Å². The monoisotopic (exact) mass is 210 g/mol. The summed E-state index contributed by atoms with van der Waals surface area (Å²) in [6.07, 6.45) is -5.78. The molecule has 3 nitrogen and oxygen atoms in total. The van der Waals surface area contributed by atoms with Crippen molar-refractivity contribution in [3.8, 4) is 0 Å². The third-order valence-electron chi connectivity index (χ3n) is 2.08. The highest BCUT2D eigenvalue weighted by Gasteiger charge is 2.38. The Kier molecular flexibility index (Phi) is 2.76. The Morgan fingerprint density at radius 1 is 1.50 bits per heavy atom. The second kappa shape index (κ2) is 3.42. The molecule has 0 aromatic carbocycles. The van der Waals surface area contributed by atoms with Crippen LogP contribution in [0.25, 0.3) is 0 Å². The summed E-state index contributed by atoms with van der Waals surface area (Å²) in [5.74, 6) is -0.467. The number of amides is 1. The molecule has 0 radical (unpaired) electrons. The number of carbonyl (C=O) groups is 1. The molecule has 2 N–H and O–H groups in total. The highest BCUT2D eigenvalue weighted by atomic mass is 19.4. The smallest absolute Gasteiger partial charge is 0.339 e. The van der Waals surface area contributed by atoms with E-state index in [1.165, 1.54) is 4.90 Å². The molecule has 0 aromatic heterocycles.